The molecule has 0 radical (unpaired) electrons. The average Bonchev–Trinajstić information content (AvgIpc) is 2.68. The third-order valence-corrected chi connectivity index (χ3v) is 4.82. The zero-order valence-corrected chi connectivity index (χ0v) is 17.1. The van der Waals surface area contributed by atoms with Crippen LogP contribution in [0.25, 0.3) is 0 Å². The summed E-state index contributed by atoms with van der Waals surface area (Å²) in [7, 11) is 1.25. The number of esters is 1. The number of aliphatic imine (C=N–C) groups is 1. The third kappa shape index (κ3) is 4.33. The van der Waals surface area contributed by atoms with E-state index in [1.165, 1.54) is 36.4 Å². The summed E-state index contributed by atoms with van der Waals surface area (Å²) < 4.78 is 4.63. The van der Waals surface area contributed by atoms with Gasteiger partial charge in [-0.1, -0.05) is 29.3 Å². The van der Waals surface area contributed by atoms with Crippen LogP contribution in [0.3, 0.4) is 0 Å². The molecular formula is C20H16ClN3O4S. The van der Waals surface area contributed by atoms with Crippen LogP contribution in [-0.2, 0) is 14.3 Å². The van der Waals surface area contributed by atoms with Crippen LogP contribution in [0.2, 0.25) is 5.02 Å². The number of nitrogens with zero attached hydrogens (tertiary/aromatic N) is 2. The number of methoxy groups -OCH3 is 1. The average molecular weight is 430 g/mol. The maximum Gasteiger partial charge on any atom is 0.339 e. The molecule has 1 N–H and O–H groups in total. The third-order valence-electron chi connectivity index (χ3n) is 4.22. The molecule has 1 saturated heterocycles. The fourth-order valence-electron chi connectivity index (χ4n) is 2.68. The molecule has 0 unspecified atom stereocenters. The zero-order chi connectivity index (χ0) is 21.1. The van der Waals surface area contributed by atoms with Crippen LogP contribution in [0.4, 0.5) is 11.4 Å². The molecule has 9 heteroatoms. The molecule has 1 fully saturated rings. The number of ether oxygens (including phenoxy) is 1. The number of carbonyl (C=O) groups excluding carboxylic acids is 3. The van der Waals surface area contributed by atoms with Crippen molar-refractivity contribution < 1.29 is 19.1 Å². The summed E-state index contributed by atoms with van der Waals surface area (Å²) in [5.41, 5.74) is 2.14. The lowest BCUT2D eigenvalue weighted by molar-refractivity contribution is -0.130. The van der Waals surface area contributed by atoms with E-state index in [0.717, 1.165) is 5.56 Å². The van der Waals surface area contributed by atoms with Crippen molar-refractivity contribution in [2.24, 2.45) is 10.9 Å². The van der Waals surface area contributed by atoms with Crippen molar-refractivity contribution in [1.29, 1.82) is 0 Å². The van der Waals surface area contributed by atoms with Crippen molar-refractivity contribution in [1.82, 2.24) is 5.32 Å². The Morgan fingerprint density at radius 2 is 1.93 bits per heavy atom. The summed E-state index contributed by atoms with van der Waals surface area (Å²) >= 11 is 11.2. The fraction of sp³-hybridized carbons (Fsp3) is 0.150. The largest absolute Gasteiger partial charge is 0.465 e. The molecule has 2 aromatic carbocycles. The molecule has 1 heterocycles. The molecule has 29 heavy (non-hydrogen) atoms. The van der Waals surface area contributed by atoms with Crippen LogP contribution in [0.15, 0.2) is 47.5 Å². The highest BCUT2D eigenvalue weighted by atomic mass is 35.5. The quantitative estimate of drug-likeness (QED) is 0.349. The lowest BCUT2D eigenvalue weighted by atomic mass is 10.1. The van der Waals surface area contributed by atoms with Crippen LogP contribution >= 0.6 is 23.8 Å². The first-order chi connectivity index (χ1) is 13.8. The Balaban J connectivity index is 1.86. The molecule has 148 valence electrons. The summed E-state index contributed by atoms with van der Waals surface area (Å²) in [6, 6.07) is 11.6. The van der Waals surface area contributed by atoms with Crippen molar-refractivity contribution >= 4 is 64.3 Å². The SMILES string of the molecule is COC(=O)c1ccc(N=C[C@H]2C(=O)NC(=S)N(c3ccc(C)cc3)C2=O)cc1Cl. The van der Waals surface area contributed by atoms with E-state index in [1.54, 1.807) is 12.1 Å². The van der Waals surface area contributed by atoms with Gasteiger partial charge in [-0.2, -0.15) is 0 Å². The molecule has 2 amide bonds. The van der Waals surface area contributed by atoms with Gasteiger partial charge in [-0.05, 0) is 49.5 Å². The number of amides is 2. The molecule has 7 nitrogen and oxygen atoms in total. The number of nitrogens with one attached hydrogen (secondary N) is 1. The van der Waals surface area contributed by atoms with Crippen molar-refractivity contribution in [3.8, 4) is 0 Å². The summed E-state index contributed by atoms with van der Waals surface area (Å²) in [6.45, 7) is 1.92. The smallest absolute Gasteiger partial charge is 0.339 e. The lowest BCUT2D eigenvalue weighted by Crippen LogP contribution is -2.58. The topological polar surface area (TPSA) is 88.1 Å². The molecule has 1 aliphatic heterocycles. The number of thiocarbonyl (C=S) groups is 1. The second kappa shape index (κ2) is 8.50. The van der Waals surface area contributed by atoms with Gasteiger partial charge in [-0.15, -0.1) is 0 Å². The second-order valence-corrected chi connectivity index (χ2v) is 7.01. The highest BCUT2D eigenvalue weighted by Gasteiger charge is 2.38. The van der Waals surface area contributed by atoms with Gasteiger partial charge in [0, 0.05) is 6.21 Å². The number of carbonyl (C=O) groups is 3. The number of rotatable bonds is 4. The molecule has 1 aliphatic rings. The minimum absolute atomic E-state index is 0.0129. The van der Waals surface area contributed by atoms with Gasteiger partial charge in [0.1, 0.15) is 0 Å². The van der Waals surface area contributed by atoms with Crippen LogP contribution in [0, 0.1) is 12.8 Å². The Morgan fingerprint density at radius 3 is 2.55 bits per heavy atom. The number of anilines is 1. The maximum atomic E-state index is 12.9. The minimum atomic E-state index is -1.16. The van der Waals surface area contributed by atoms with E-state index in [1.807, 2.05) is 19.1 Å². The van der Waals surface area contributed by atoms with E-state index < -0.39 is 23.7 Å². The summed E-state index contributed by atoms with van der Waals surface area (Å²) in [6.07, 6.45) is 1.23. The zero-order valence-electron chi connectivity index (χ0n) is 15.5. The number of benzene rings is 2. The van der Waals surface area contributed by atoms with E-state index in [-0.39, 0.29) is 15.7 Å². The van der Waals surface area contributed by atoms with Crippen molar-refractivity contribution in [2.75, 3.05) is 12.0 Å². The number of halogens is 1. The Morgan fingerprint density at radius 1 is 1.24 bits per heavy atom. The molecule has 0 spiro atoms. The Kier molecular flexibility index (Phi) is 6.05. The van der Waals surface area contributed by atoms with Crippen LogP contribution < -0.4 is 10.2 Å². The lowest BCUT2D eigenvalue weighted by Gasteiger charge is -2.30. The molecule has 0 saturated carbocycles. The van der Waals surface area contributed by atoms with E-state index in [0.29, 0.717) is 11.4 Å². The minimum Gasteiger partial charge on any atom is -0.465 e. The van der Waals surface area contributed by atoms with Crippen LogP contribution in [0.1, 0.15) is 15.9 Å². The Labute approximate surface area is 177 Å². The standard InChI is InChI=1S/C20H16ClN3O4S/c1-11-3-6-13(7-4-11)24-18(26)15(17(25)23-20(24)29)10-22-12-5-8-14(16(21)9-12)19(27)28-2/h3-10,15H,1-2H3,(H,23,25,29)/t15-/m0/s1. The van der Waals surface area contributed by atoms with Crippen molar-refractivity contribution in [3.63, 3.8) is 0 Å². The molecule has 0 bridgehead atoms. The van der Waals surface area contributed by atoms with E-state index in [9.17, 15) is 14.4 Å². The van der Waals surface area contributed by atoms with Gasteiger partial charge in [-0.3, -0.25) is 19.5 Å². The molecule has 0 aliphatic carbocycles. The number of hydrogen-bond acceptors (Lipinski definition) is 6. The first kappa shape index (κ1) is 20.6. The van der Waals surface area contributed by atoms with Crippen molar-refractivity contribution in [2.45, 2.75) is 6.92 Å². The number of hydrogen-bond donors (Lipinski definition) is 1. The first-order valence-corrected chi connectivity index (χ1v) is 9.28. The monoisotopic (exact) mass is 429 g/mol. The van der Waals surface area contributed by atoms with Gasteiger partial charge in [0.15, 0.2) is 11.0 Å². The van der Waals surface area contributed by atoms with Gasteiger partial charge in [-0.25, -0.2) is 4.79 Å². The highest BCUT2D eigenvalue weighted by molar-refractivity contribution is 7.80. The van der Waals surface area contributed by atoms with E-state index in [4.69, 9.17) is 23.8 Å². The predicted octanol–water partition coefficient (Wildman–Crippen LogP) is 3.20. The van der Waals surface area contributed by atoms with Crippen LogP contribution in [0.5, 0.6) is 0 Å². The number of aryl methyl sites for hydroxylation is 1. The fourth-order valence-corrected chi connectivity index (χ4v) is 3.23. The first-order valence-electron chi connectivity index (χ1n) is 8.49. The summed E-state index contributed by atoms with van der Waals surface area (Å²) in [5.74, 6) is -2.82. The van der Waals surface area contributed by atoms with Crippen LogP contribution in [-0.4, -0.2) is 36.2 Å². The molecule has 3 rings (SSSR count). The maximum absolute atomic E-state index is 12.9. The van der Waals surface area contributed by atoms with E-state index >= 15 is 0 Å². The predicted molar refractivity (Wildman–Crippen MR) is 114 cm³/mol. The highest BCUT2D eigenvalue weighted by Crippen LogP contribution is 2.25. The van der Waals surface area contributed by atoms with Gasteiger partial charge < -0.3 is 10.1 Å². The Bertz CT molecular complexity index is 1040. The summed E-state index contributed by atoms with van der Waals surface area (Å²) in [4.78, 5) is 42.2. The van der Waals surface area contributed by atoms with Gasteiger partial charge in [0.25, 0.3) is 5.91 Å². The molecule has 2 aromatic rings. The molecule has 1 atom stereocenters. The Hall–Kier alpha value is -3.10. The normalized spacial score (nSPS) is 16.9. The van der Waals surface area contributed by atoms with Crippen molar-refractivity contribution in [3.05, 3.63) is 58.6 Å². The second-order valence-electron chi connectivity index (χ2n) is 6.22. The van der Waals surface area contributed by atoms with Gasteiger partial charge in [0.05, 0.1) is 29.1 Å². The van der Waals surface area contributed by atoms with Gasteiger partial charge in [0.2, 0.25) is 5.91 Å². The van der Waals surface area contributed by atoms with Gasteiger partial charge >= 0.3 is 5.97 Å². The molecular weight excluding hydrogens is 414 g/mol. The summed E-state index contributed by atoms with van der Waals surface area (Å²) in [5, 5.41) is 2.68. The molecule has 0 aromatic heterocycles. The van der Waals surface area contributed by atoms with E-state index in [2.05, 4.69) is 15.0 Å².